The van der Waals surface area contributed by atoms with Gasteiger partial charge in [-0.3, -0.25) is 5.10 Å². The molecule has 17 heavy (non-hydrogen) atoms. The molecule has 1 aromatic heterocycles. The second-order valence-electron chi connectivity index (χ2n) is 4.08. The zero-order valence-electron chi connectivity index (χ0n) is 10.4. The lowest BCUT2D eigenvalue weighted by Gasteiger charge is -2.11. The van der Waals surface area contributed by atoms with Crippen molar-refractivity contribution in [3.8, 4) is 5.75 Å². The van der Waals surface area contributed by atoms with Crippen LogP contribution in [0.3, 0.4) is 0 Å². The van der Waals surface area contributed by atoms with Crippen molar-refractivity contribution in [2.24, 2.45) is 0 Å². The minimum atomic E-state index is 0.738. The molecule has 1 heterocycles. The number of nitrogens with zero attached hydrogens (tertiary/aromatic N) is 1. The van der Waals surface area contributed by atoms with Gasteiger partial charge in [-0.05, 0) is 31.5 Å². The van der Waals surface area contributed by atoms with E-state index in [2.05, 4.69) is 21.6 Å². The molecule has 90 valence electrons. The SMILES string of the molecule is COc1cc(C)ccc1NCc1cn[nH]c1C. The number of aromatic amines is 1. The molecule has 0 atom stereocenters. The molecular weight excluding hydrogens is 214 g/mol. The van der Waals surface area contributed by atoms with Crippen LogP contribution in [-0.4, -0.2) is 17.3 Å². The van der Waals surface area contributed by atoms with Gasteiger partial charge in [0.15, 0.2) is 0 Å². The van der Waals surface area contributed by atoms with E-state index in [0.29, 0.717) is 0 Å². The monoisotopic (exact) mass is 231 g/mol. The quantitative estimate of drug-likeness (QED) is 0.850. The number of anilines is 1. The van der Waals surface area contributed by atoms with Gasteiger partial charge in [0.25, 0.3) is 0 Å². The molecule has 2 aromatic rings. The maximum absolute atomic E-state index is 5.34. The van der Waals surface area contributed by atoms with E-state index in [1.807, 2.05) is 32.2 Å². The van der Waals surface area contributed by atoms with Crippen molar-refractivity contribution in [1.82, 2.24) is 10.2 Å². The fourth-order valence-electron chi connectivity index (χ4n) is 1.69. The molecule has 0 fully saturated rings. The summed E-state index contributed by atoms with van der Waals surface area (Å²) in [4.78, 5) is 0. The van der Waals surface area contributed by atoms with E-state index in [9.17, 15) is 0 Å². The zero-order chi connectivity index (χ0) is 12.3. The van der Waals surface area contributed by atoms with Crippen LogP contribution < -0.4 is 10.1 Å². The van der Waals surface area contributed by atoms with Crippen LogP contribution in [0.15, 0.2) is 24.4 Å². The fraction of sp³-hybridized carbons (Fsp3) is 0.308. The molecule has 0 unspecified atom stereocenters. The molecule has 0 saturated carbocycles. The number of aromatic nitrogens is 2. The first kappa shape index (κ1) is 11.5. The van der Waals surface area contributed by atoms with Gasteiger partial charge in [-0.25, -0.2) is 0 Å². The molecule has 1 aromatic carbocycles. The van der Waals surface area contributed by atoms with Crippen molar-refractivity contribution in [1.29, 1.82) is 0 Å². The van der Waals surface area contributed by atoms with Crippen molar-refractivity contribution < 1.29 is 4.74 Å². The normalized spacial score (nSPS) is 10.3. The van der Waals surface area contributed by atoms with Gasteiger partial charge in [-0.1, -0.05) is 6.07 Å². The second kappa shape index (κ2) is 4.91. The minimum Gasteiger partial charge on any atom is -0.495 e. The van der Waals surface area contributed by atoms with Crippen molar-refractivity contribution in [2.45, 2.75) is 20.4 Å². The summed E-state index contributed by atoms with van der Waals surface area (Å²) in [6.45, 7) is 4.80. The maximum atomic E-state index is 5.34. The van der Waals surface area contributed by atoms with Crippen molar-refractivity contribution in [3.63, 3.8) is 0 Å². The van der Waals surface area contributed by atoms with E-state index in [4.69, 9.17) is 4.74 Å². The van der Waals surface area contributed by atoms with E-state index >= 15 is 0 Å². The summed E-state index contributed by atoms with van der Waals surface area (Å²) in [5, 5.41) is 10.3. The summed E-state index contributed by atoms with van der Waals surface area (Å²) in [5.74, 6) is 0.867. The summed E-state index contributed by atoms with van der Waals surface area (Å²) in [7, 11) is 1.68. The first-order chi connectivity index (χ1) is 8.20. The van der Waals surface area contributed by atoms with Crippen molar-refractivity contribution in [3.05, 3.63) is 41.2 Å². The van der Waals surface area contributed by atoms with Gasteiger partial charge in [0.2, 0.25) is 0 Å². The number of hydrogen-bond acceptors (Lipinski definition) is 3. The highest BCUT2D eigenvalue weighted by molar-refractivity contribution is 5.57. The number of H-pyrrole nitrogens is 1. The van der Waals surface area contributed by atoms with E-state index in [0.717, 1.165) is 29.2 Å². The van der Waals surface area contributed by atoms with Crippen LogP contribution in [0.4, 0.5) is 5.69 Å². The van der Waals surface area contributed by atoms with Gasteiger partial charge in [0.1, 0.15) is 5.75 Å². The summed E-state index contributed by atoms with van der Waals surface area (Å²) in [6.07, 6.45) is 1.84. The Bertz CT molecular complexity index is 505. The van der Waals surface area contributed by atoms with Gasteiger partial charge < -0.3 is 10.1 Å². The van der Waals surface area contributed by atoms with Crippen LogP contribution in [0, 0.1) is 13.8 Å². The van der Waals surface area contributed by atoms with Crippen LogP contribution in [0.1, 0.15) is 16.8 Å². The summed E-state index contributed by atoms with van der Waals surface area (Å²) >= 11 is 0. The number of benzene rings is 1. The highest BCUT2D eigenvalue weighted by Gasteiger charge is 2.04. The largest absolute Gasteiger partial charge is 0.495 e. The van der Waals surface area contributed by atoms with Gasteiger partial charge in [0.05, 0.1) is 19.0 Å². The second-order valence-corrected chi connectivity index (χ2v) is 4.08. The standard InChI is InChI=1S/C13H17N3O/c1-9-4-5-12(13(6-9)17-3)14-7-11-8-15-16-10(11)2/h4-6,8,14H,7H2,1-3H3,(H,15,16). The highest BCUT2D eigenvalue weighted by Crippen LogP contribution is 2.25. The lowest BCUT2D eigenvalue weighted by Crippen LogP contribution is -2.02. The summed E-state index contributed by atoms with van der Waals surface area (Å²) in [5.41, 5.74) is 4.43. The Hall–Kier alpha value is -1.97. The molecule has 4 heteroatoms. The number of hydrogen-bond donors (Lipinski definition) is 2. The van der Waals surface area contributed by atoms with E-state index in [1.165, 1.54) is 5.56 Å². The van der Waals surface area contributed by atoms with Gasteiger partial charge >= 0.3 is 0 Å². The lowest BCUT2D eigenvalue weighted by molar-refractivity contribution is 0.416. The summed E-state index contributed by atoms with van der Waals surface area (Å²) < 4.78 is 5.34. The average Bonchev–Trinajstić information content (AvgIpc) is 2.73. The number of methoxy groups -OCH3 is 1. The number of aryl methyl sites for hydroxylation is 2. The number of rotatable bonds is 4. The Morgan fingerprint density at radius 3 is 2.82 bits per heavy atom. The minimum absolute atomic E-state index is 0.738. The van der Waals surface area contributed by atoms with E-state index in [-0.39, 0.29) is 0 Å². The molecule has 0 aliphatic heterocycles. The smallest absolute Gasteiger partial charge is 0.142 e. The number of nitrogens with one attached hydrogen (secondary N) is 2. The molecule has 2 rings (SSSR count). The predicted molar refractivity (Wildman–Crippen MR) is 68.4 cm³/mol. The van der Waals surface area contributed by atoms with Crippen molar-refractivity contribution in [2.75, 3.05) is 12.4 Å². The van der Waals surface area contributed by atoms with E-state index in [1.54, 1.807) is 7.11 Å². The topological polar surface area (TPSA) is 49.9 Å². The highest BCUT2D eigenvalue weighted by atomic mass is 16.5. The van der Waals surface area contributed by atoms with Crippen LogP contribution in [0.25, 0.3) is 0 Å². The molecule has 0 radical (unpaired) electrons. The lowest BCUT2D eigenvalue weighted by atomic mass is 10.2. The molecule has 0 saturated heterocycles. The Labute approximate surface area is 101 Å². The fourth-order valence-corrected chi connectivity index (χ4v) is 1.69. The third-order valence-corrected chi connectivity index (χ3v) is 2.76. The van der Waals surface area contributed by atoms with Crippen LogP contribution in [0.5, 0.6) is 5.75 Å². The molecule has 0 aliphatic rings. The van der Waals surface area contributed by atoms with Crippen LogP contribution in [0.2, 0.25) is 0 Å². The predicted octanol–water partition coefficient (Wildman–Crippen LogP) is 2.65. The molecule has 4 nitrogen and oxygen atoms in total. The Kier molecular flexibility index (Phi) is 3.32. The van der Waals surface area contributed by atoms with Gasteiger partial charge in [-0.15, -0.1) is 0 Å². The summed E-state index contributed by atoms with van der Waals surface area (Å²) in [6, 6.07) is 6.11. The molecule has 0 spiro atoms. The molecule has 0 amide bonds. The average molecular weight is 231 g/mol. The first-order valence-electron chi connectivity index (χ1n) is 5.58. The number of ether oxygens (including phenoxy) is 1. The zero-order valence-corrected chi connectivity index (χ0v) is 10.4. The molecule has 0 bridgehead atoms. The van der Waals surface area contributed by atoms with Crippen LogP contribution in [-0.2, 0) is 6.54 Å². The van der Waals surface area contributed by atoms with Crippen molar-refractivity contribution >= 4 is 5.69 Å². The maximum Gasteiger partial charge on any atom is 0.142 e. The van der Waals surface area contributed by atoms with Gasteiger partial charge in [-0.2, -0.15) is 5.10 Å². The van der Waals surface area contributed by atoms with E-state index < -0.39 is 0 Å². The third-order valence-electron chi connectivity index (χ3n) is 2.76. The first-order valence-corrected chi connectivity index (χ1v) is 5.58. The van der Waals surface area contributed by atoms with Crippen LogP contribution >= 0.6 is 0 Å². The Morgan fingerprint density at radius 2 is 2.18 bits per heavy atom. The molecule has 0 aliphatic carbocycles. The van der Waals surface area contributed by atoms with Gasteiger partial charge in [0, 0.05) is 17.8 Å². The Morgan fingerprint density at radius 1 is 1.35 bits per heavy atom. The molecule has 2 N–H and O–H groups in total. The Balaban J connectivity index is 2.11. The third kappa shape index (κ3) is 2.58. The molecular formula is C13H17N3O.